The highest BCUT2D eigenvalue weighted by atomic mass is 79.9. The first-order valence-electron chi connectivity index (χ1n) is 5.26. The Balaban J connectivity index is 2.21. The van der Waals surface area contributed by atoms with Gasteiger partial charge in [0.25, 0.3) is 0 Å². The lowest BCUT2D eigenvalue weighted by Gasteiger charge is -2.02. The maximum absolute atomic E-state index is 10.6. The van der Waals surface area contributed by atoms with Crippen LogP contribution in [-0.4, -0.2) is 24.7 Å². The van der Waals surface area contributed by atoms with Crippen molar-refractivity contribution < 1.29 is 4.92 Å². The van der Waals surface area contributed by atoms with Crippen LogP contribution in [-0.2, 0) is 0 Å². The molecule has 8 heteroatoms. The van der Waals surface area contributed by atoms with Crippen molar-refractivity contribution in [1.82, 2.24) is 19.7 Å². The predicted octanol–water partition coefficient (Wildman–Crippen LogP) is 2.49. The van der Waals surface area contributed by atoms with Crippen molar-refractivity contribution in [3.8, 4) is 5.69 Å². The summed E-state index contributed by atoms with van der Waals surface area (Å²) in [6.45, 7) is 0. The summed E-state index contributed by atoms with van der Waals surface area (Å²) in [5.74, 6) is -0.206. The number of hydrogen-bond acceptors (Lipinski definition) is 5. The van der Waals surface area contributed by atoms with E-state index in [9.17, 15) is 10.1 Å². The molecule has 0 saturated heterocycles. The van der Waals surface area contributed by atoms with Crippen LogP contribution < -0.4 is 0 Å². The second-order valence-electron chi connectivity index (χ2n) is 3.73. The van der Waals surface area contributed by atoms with Gasteiger partial charge in [0, 0.05) is 16.9 Å². The zero-order valence-electron chi connectivity index (χ0n) is 9.39. The Morgan fingerprint density at radius 2 is 2.16 bits per heavy atom. The first-order valence-corrected chi connectivity index (χ1v) is 6.05. The van der Waals surface area contributed by atoms with Gasteiger partial charge in [-0.05, 0) is 33.0 Å². The summed E-state index contributed by atoms with van der Waals surface area (Å²) in [6, 6.07) is 4.87. The lowest BCUT2D eigenvalue weighted by Crippen LogP contribution is -1.99. The van der Waals surface area contributed by atoms with Crippen LogP contribution in [0.15, 0.2) is 41.3 Å². The fourth-order valence-electron chi connectivity index (χ4n) is 1.72. The number of hydrogen-bond donors (Lipinski definition) is 0. The Bertz CT molecular complexity index is 786. The van der Waals surface area contributed by atoms with Crippen molar-refractivity contribution in [3.05, 3.63) is 51.4 Å². The molecule has 0 aliphatic carbocycles. The molecule has 94 valence electrons. The van der Waals surface area contributed by atoms with Gasteiger partial charge in [-0.15, -0.1) is 4.68 Å². The summed E-state index contributed by atoms with van der Waals surface area (Å²) in [7, 11) is 0. The number of nitro groups is 1. The van der Waals surface area contributed by atoms with Crippen LogP contribution in [0.4, 0.5) is 5.82 Å². The van der Waals surface area contributed by atoms with E-state index >= 15 is 0 Å². The summed E-state index contributed by atoms with van der Waals surface area (Å²) in [5, 5.41) is 14.5. The summed E-state index contributed by atoms with van der Waals surface area (Å²) >= 11 is 3.32. The first-order chi connectivity index (χ1) is 9.15. The van der Waals surface area contributed by atoms with Crippen LogP contribution in [0.2, 0.25) is 0 Å². The molecular weight excluding hydrogens is 314 g/mol. The average molecular weight is 320 g/mol. The van der Waals surface area contributed by atoms with E-state index in [1.165, 1.54) is 16.9 Å². The van der Waals surface area contributed by atoms with E-state index in [-0.39, 0.29) is 5.82 Å². The SMILES string of the molecule is O=[N+]([O-])c1ccn(-c2ccnc3cc(Br)cnc23)n1. The summed E-state index contributed by atoms with van der Waals surface area (Å²) in [5.41, 5.74) is 1.96. The van der Waals surface area contributed by atoms with Crippen LogP contribution in [0.5, 0.6) is 0 Å². The van der Waals surface area contributed by atoms with Crippen molar-refractivity contribution >= 4 is 32.8 Å². The van der Waals surface area contributed by atoms with E-state index < -0.39 is 4.92 Å². The molecule has 0 saturated carbocycles. The maximum Gasteiger partial charge on any atom is 0.390 e. The van der Waals surface area contributed by atoms with Crippen molar-refractivity contribution in [2.24, 2.45) is 0 Å². The summed E-state index contributed by atoms with van der Waals surface area (Å²) in [4.78, 5) is 18.6. The molecule has 3 aromatic heterocycles. The molecule has 0 aromatic carbocycles. The molecule has 0 bridgehead atoms. The van der Waals surface area contributed by atoms with Gasteiger partial charge in [-0.25, -0.2) is 0 Å². The van der Waals surface area contributed by atoms with Gasteiger partial charge in [-0.1, -0.05) is 0 Å². The molecule has 7 nitrogen and oxygen atoms in total. The highest BCUT2D eigenvalue weighted by molar-refractivity contribution is 9.10. The van der Waals surface area contributed by atoms with Gasteiger partial charge >= 0.3 is 5.82 Å². The Kier molecular flexibility index (Phi) is 2.71. The number of nitrogens with zero attached hydrogens (tertiary/aromatic N) is 5. The molecule has 19 heavy (non-hydrogen) atoms. The highest BCUT2D eigenvalue weighted by Crippen LogP contribution is 2.21. The number of halogens is 1. The molecule has 0 atom stereocenters. The summed E-state index contributed by atoms with van der Waals surface area (Å²) in [6.07, 6.45) is 4.78. The van der Waals surface area contributed by atoms with Crippen molar-refractivity contribution in [2.45, 2.75) is 0 Å². The number of rotatable bonds is 2. The predicted molar refractivity (Wildman–Crippen MR) is 71.0 cm³/mol. The number of pyridine rings is 2. The fraction of sp³-hybridized carbons (Fsp3) is 0. The molecule has 3 aromatic rings. The lowest BCUT2D eigenvalue weighted by molar-refractivity contribution is -0.389. The Hall–Kier alpha value is -2.35. The van der Waals surface area contributed by atoms with Crippen LogP contribution in [0.3, 0.4) is 0 Å². The Morgan fingerprint density at radius 3 is 2.89 bits per heavy atom. The van der Waals surface area contributed by atoms with Gasteiger partial charge < -0.3 is 10.1 Å². The molecule has 0 unspecified atom stereocenters. The van der Waals surface area contributed by atoms with Crippen LogP contribution in [0, 0.1) is 10.1 Å². The summed E-state index contributed by atoms with van der Waals surface area (Å²) < 4.78 is 2.24. The minimum atomic E-state index is -0.538. The Labute approximate surface area is 115 Å². The smallest absolute Gasteiger partial charge is 0.358 e. The largest absolute Gasteiger partial charge is 0.390 e. The third kappa shape index (κ3) is 2.06. The molecule has 0 N–H and O–H groups in total. The number of aromatic nitrogens is 4. The van der Waals surface area contributed by atoms with Crippen LogP contribution in [0.1, 0.15) is 0 Å². The zero-order valence-corrected chi connectivity index (χ0v) is 11.0. The number of fused-ring (bicyclic) bond motifs is 1. The molecule has 3 rings (SSSR count). The van der Waals surface area contributed by atoms with Crippen LogP contribution in [0.25, 0.3) is 16.7 Å². The lowest BCUT2D eigenvalue weighted by atomic mass is 10.3. The Morgan fingerprint density at radius 1 is 1.32 bits per heavy atom. The van der Waals surface area contributed by atoms with Crippen molar-refractivity contribution in [2.75, 3.05) is 0 Å². The molecule has 0 spiro atoms. The van der Waals surface area contributed by atoms with Crippen LogP contribution >= 0.6 is 15.9 Å². The molecule has 0 aliphatic rings. The van der Waals surface area contributed by atoms with Gasteiger partial charge in [-0.3, -0.25) is 9.97 Å². The molecule has 0 aliphatic heterocycles. The molecular formula is C11H6BrN5O2. The van der Waals surface area contributed by atoms with E-state index in [0.717, 1.165) is 4.47 Å². The second kappa shape index (κ2) is 4.39. The zero-order chi connectivity index (χ0) is 13.4. The average Bonchev–Trinajstić information content (AvgIpc) is 2.87. The van der Waals surface area contributed by atoms with Gasteiger partial charge in [0.05, 0.1) is 22.9 Å². The second-order valence-corrected chi connectivity index (χ2v) is 4.64. The quantitative estimate of drug-likeness (QED) is 0.535. The van der Waals surface area contributed by atoms with E-state index in [1.807, 2.05) is 6.07 Å². The van der Waals surface area contributed by atoms with Gasteiger partial charge in [0.15, 0.2) is 0 Å². The minimum absolute atomic E-state index is 0.206. The van der Waals surface area contributed by atoms with Crippen molar-refractivity contribution in [3.63, 3.8) is 0 Å². The third-order valence-electron chi connectivity index (χ3n) is 2.53. The van der Waals surface area contributed by atoms with Gasteiger partial charge in [0.2, 0.25) is 0 Å². The van der Waals surface area contributed by atoms with E-state index in [0.29, 0.717) is 16.7 Å². The normalized spacial score (nSPS) is 10.8. The van der Waals surface area contributed by atoms with Gasteiger partial charge in [0.1, 0.15) is 11.2 Å². The fourth-order valence-corrected chi connectivity index (χ4v) is 2.04. The van der Waals surface area contributed by atoms with Gasteiger partial charge in [-0.2, -0.15) is 0 Å². The first kappa shape index (κ1) is 11.7. The maximum atomic E-state index is 10.6. The van der Waals surface area contributed by atoms with E-state index in [1.54, 1.807) is 18.5 Å². The highest BCUT2D eigenvalue weighted by Gasteiger charge is 2.14. The monoisotopic (exact) mass is 319 g/mol. The molecule has 3 heterocycles. The van der Waals surface area contributed by atoms with Crippen molar-refractivity contribution in [1.29, 1.82) is 0 Å². The van der Waals surface area contributed by atoms with E-state index in [2.05, 4.69) is 31.0 Å². The molecule has 0 fully saturated rings. The van der Waals surface area contributed by atoms with E-state index in [4.69, 9.17) is 0 Å². The minimum Gasteiger partial charge on any atom is -0.358 e. The standard InChI is InChI=1S/C11H6BrN5O2/c12-7-5-8-11(14-6-7)9(1-3-13-8)16-4-2-10(15-16)17(18)19/h1-6H. The topological polar surface area (TPSA) is 86.7 Å². The molecule has 0 amide bonds. The third-order valence-corrected chi connectivity index (χ3v) is 2.97. The molecule has 0 radical (unpaired) electrons.